The lowest BCUT2D eigenvalue weighted by Crippen LogP contribution is -2.19. The molecular formula is C21H17N3OS. The Balaban J connectivity index is 1.61. The summed E-state index contributed by atoms with van der Waals surface area (Å²) in [7, 11) is 0. The summed E-state index contributed by atoms with van der Waals surface area (Å²) in [6, 6.07) is 27.4. The molecule has 1 atom stereocenters. The van der Waals surface area contributed by atoms with Crippen molar-refractivity contribution in [2.45, 2.75) is 10.1 Å². The average Bonchev–Trinajstić information content (AvgIpc) is 3.09. The maximum atomic E-state index is 13.0. The number of para-hydroxylation sites is 2. The van der Waals surface area contributed by atoms with Crippen molar-refractivity contribution >= 4 is 34.7 Å². The Kier molecular flexibility index (Phi) is 4.71. The first-order chi connectivity index (χ1) is 12.8. The van der Waals surface area contributed by atoms with Crippen LogP contribution in [0.5, 0.6) is 0 Å². The van der Waals surface area contributed by atoms with Crippen LogP contribution in [0.1, 0.15) is 10.8 Å². The number of nitrogens with one attached hydrogen (secondary N) is 2. The van der Waals surface area contributed by atoms with Crippen LogP contribution in [0.3, 0.4) is 0 Å². The molecule has 1 amide bonds. The third kappa shape index (κ3) is 3.63. The first-order valence-electron chi connectivity index (χ1n) is 8.32. The van der Waals surface area contributed by atoms with Gasteiger partial charge in [-0.1, -0.05) is 60.7 Å². The van der Waals surface area contributed by atoms with Crippen molar-refractivity contribution in [3.05, 3.63) is 90.5 Å². The molecule has 0 spiro atoms. The molecule has 4 nitrogen and oxygen atoms in total. The first kappa shape index (κ1) is 16.4. The van der Waals surface area contributed by atoms with Crippen molar-refractivity contribution in [3.63, 3.8) is 0 Å². The van der Waals surface area contributed by atoms with Gasteiger partial charge in [0.1, 0.15) is 5.25 Å². The van der Waals surface area contributed by atoms with Gasteiger partial charge in [0, 0.05) is 4.90 Å². The summed E-state index contributed by atoms with van der Waals surface area (Å²) < 4.78 is 0. The van der Waals surface area contributed by atoms with E-state index in [0.29, 0.717) is 5.95 Å². The van der Waals surface area contributed by atoms with Crippen molar-refractivity contribution < 1.29 is 4.79 Å². The zero-order valence-corrected chi connectivity index (χ0v) is 14.7. The number of thioether (sulfide) groups is 1. The van der Waals surface area contributed by atoms with Gasteiger partial charge in [-0.25, -0.2) is 4.98 Å². The van der Waals surface area contributed by atoms with Gasteiger partial charge in [-0.15, -0.1) is 11.8 Å². The Labute approximate surface area is 155 Å². The molecule has 1 aromatic heterocycles. The molecule has 128 valence electrons. The molecule has 4 aromatic rings. The molecule has 0 bridgehead atoms. The molecule has 1 heterocycles. The minimum atomic E-state index is -0.369. The van der Waals surface area contributed by atoms with E-state index in [2.05, 4.69) is 15.3 Å². The van der Waals surface area contributed by atoms with E-state index < -0.39 is 0 Å². The zero-order valence-electron chi connectivity index (χ0n) is 13.9. The van der Waals surface area contributed by atoms with Gasteiger partial charge in [0.05, 0.1) is 11.0 Å². The van der Waals surface area contributed by atoms with E-state index in [0.717, 1.165) is 21.5 Å². The minimum absolute atomic E-state index is 0.107. The van der Waals surface area contributed by atoms with Crippen LogP contribution in [0.15, 0.2) is 89.8 Å². The second-order valence-electron chi connectivity index (χ2n) is 5.81. The fourth-order valence-corrected chi connectivity index (χ4v) is 3.78. The molecule has 26 heavy (non-hydrogen) atoms. The molecule has 0 aliphatic carbocycles. The maximum absolute atomic E-state index is 13.0. The second-order valence-corrected chi connectivity index (χ2v) is 6.99. The average molecular weight is 359 g/mol. The van der Waals surface area contributed by atoms with Gasteiger partial charge in [0.2, 0.25) is 11.9 Å². The predicted molar refractivity (Wildman–Crippen MR) is 106 cm³/mol. The molecule has 4 rings (SSSR count). The van der Waals surface area contributed by atoms with Crippen LogP contribution in [0.2, 0.25) is 0 Å². The van der Waals surface area contributed by atoms with E-state index >= 15 is 0 Å². The summed E-state index contributed by atoms with van der Waals surface area (Å²) in [5, 5.41) is 2.56. The third-order valence-electron chi connectivity index (χ3n) is 3.97. The van der Waals surface area contributed by atoms with Crippen LogP contribution < -0.4 is 5.32 Å². The number of nitrogens with zero attached hydrogens (tertiary/aromatic N) is 1. The fraction of sp³-hybridized carbons (Fsp3) is 0.0476. The maximum Gasteiger partial charge on any atom is 0.244 e. The van der Waals surface area contributed by atoms with E-state index in [4.69, 9.17) is 0 Å². The van der Waals surface area contributed by atoms with Gasteiger partial charge in [0.25, 0.3) is 0 Å². The first-order valence-corrected chi connectivity index (χ1v) is 9.20. The smallest absolute Gasteiger partial charge is 0.244 e. The van der Waals surface area contributed by atoms with Crippen molar-refractivity contribution in [2.24, 2.45) is 0 Å². The number of anilines is 1. The Bertz CT molecular complexity index is 982. The van der Waals surface area contributed by atoms with Crippen LogP contribution in [-0.2, 0) is 4.79 Å². The lowest BCUT2D eigenvalue weighted by molar-refractivity contribution is -0.115. The summed E-state index contributed by atoms with van der Waals surface area (Å²) in [5.41, 5.74) is 2.68. The zero-order chi connectivity index (χ0) is 17.8. The predicted octanol–water partition coefficient (Wildman–Crippen LogP) is 5.04. The number of imidazole rings is 1. The summed E-state index contributed by atoms with van der Waals surface area (Å²) in [6.07, 6.45) is 0. The molecule has 0 radical (unpaired) electrons. The lowest BCUT2D eigenvalue weighted by Gasteiger charge is -2.16. The van der Waals surface area contributed by atoms with Gasteiger partial charge in [0.15, 0.2) is 0 Å². The van der Waals surface area contributed by atoms with Gasteiger partial charge in [-0.3, -0.25) is 10.1 Å². The number of benzene rings is 3. The number of fused-ring (bicyclic) bond motifs is 1. The quantitative estimate of drug-likeness (QED) is 0.491. The van der Waals surface area contributed by atoms with Crippen LogP contribution in [0.25, 0.3) is 11.0 Å². The molecule has 2 N–H and O–H groups in total. The van der Waals surface area contributed by atoms with Crippen molar-refractivity contribution in [3.8, 4) is 0 Å². The van der Waals surface area contributed by atoms with E-state index in [1.807, 2.05) is 84.9 Å². The van der Waals surface area contributed by atoms with Crippen molar-refractivity contribution in [1.29, 1.82) is 0 Å². The number of amides is 1. The fourth-order valence-electron chi connectivity index (χ4n) is 2.73. The van der Waals surface area contributed by atoms with E-state index in [-0.39, 0.29) is 11.2 Å². The van der Waals surface area contributed by atoms with Gasteiger partial charge in [-0.2, -0.15) is 0 Å². The molecule has 0 fully saturated rings. The number of hydrogen-bond donors (Lipinski definition) is 2. The Morgan fingerprint density at radius 2 is 1.54 bits per heavy atom. The van der Waals surface area contributed by atoms with Crippen LogP contribution in [0, 0.1) is 0 Å². The minimum Gasteiger partial charge on any atom is -0.324 e. The number of carbonyl (C=O) groups is 1. The molecular weight excluding hydrogens is 342 g/mol. The van der Waals surface area contributed by atoms with Crippen molar-refractivity contribution in [2.75, 3.05) is 5.32 Å². The largest absolute Gasteiger partial charge is 0.324 e. The Morgan fingerprint density at radius 1 is 0.885 bits per heavy atom. The number of aromatic nitrogens is 2. The second kappa shape index (κ2) is 7.45. The Hall–Kier alpha value is -3.05. The number of H-pyrrole nitrogens is 1. The number of rotatable bonds is 5. The van der Waals surface area contributed by atoms with Crippen LogP contribution in [-0.4, -0.2) is 15.9 Å². The molecule has 1 unspecified atom stereocenters. The number of carbonyl (C=O) groups excluding carboxylic acids is 1. The molecule has 0 saturated heterocycles. The topological polar surface area (TPSA) is 57.8 Å². The van der Waals surface area contributed by atoms with E-state index in [9.17, 15) is 4.79 Å². The highest BCUT2D eigenvalue weighted by molar-refractivity contribution is 8.00. The standard InChI is InChI=1S/C21H17N3OS/c25-20(24-21-22-17-13-7-8-14-18(17)23-21)19(15-9-3-1-4-10-15)26-16-11-5-2-6-12-16/h1-14,19H,(H2,22,23,24,25). The van der Waals surface area contributed by atoms with Crippen LogP contribution >= 0.6 is 11.8 Å². The monoisotopic (exact) mass is 359 g/mol. The molecule has 0 aliphatic rings. The van der Waals surface area contributed by atoms with Gasteiger partial charge in [-0.05, 0) is 29.8 Å². The van der Waals surface area contributed by atoms with Gasteiger partial charge < -0.3 is 4.98 Å². The summed E-state index contributed by atoms with van der Waals surface area (Å²) >= 11 is 1.52. The molecule has 0 aliphatic heterocycles. The highest BCUT2D eigenvalue weighted by Crippen LogP contribution is 2.36. The van der Waals surface area contributed by atoms with E-state index in [1.54, 1.807) is 0 Å². The summed E-state index contributed by atoms with van der Waals surface area (Å²) in [5.74, 6) is 0.356. The highest BCUT2D eigenvalue weighted by Gasteiger charge is 2.23. The Morgan fingerprint density at radius 3 is 2.27 bits per heavy atom. The van der Waals surface area contributed by atoms with Crippen LogP contribution in [0.4, 0.5) is 5.95 Å². The molecule has 3 aromatic carbocycles. The summed E-state index contributed by atoms with van der Waals surface area (Å²) in [6.45, 7) is 0. The highest BCUT2D eigenvalue weighted by atomic mass is 32.2. The van der Waals surface area contributed by atoms with E-state index in [1.165, 1.54) is 11.8 Å². The number of aromatic amines is 1. The molecule has 5 heteroatoms. The third-order valence-corrected chi connectivity index (χ3v) is 5.23. The lowest BCUT2D eigenvalue weighted by atomic mass is 10.1. The van der Waals surface area contributed by atoms with Gasteiger partial charge >= 0.3 is 0 Å². The SMILES string of the molecule is O=C(Nc1nc2ccccc2[nH]1)C(Sc1ccccc1)c1ccccc1. The molecule has 0 saturated carbocycles. The number of hydrogen-bond acceptors (Lipinski definition) is 3. The summed E-state index contributed by atoms with van der Waals surface area (Å²) in [4.78, 5) is 21.6. The normalized spacial score (nSPS) is 12.0. The van der Waals surface area contributed by atoms with Crippen molar-refractivity contribution in [1.82, 2.24) is 9.97 Å².